The highest BCUT2D eigenvalue weighted by Gasteiger charge is 2.33. The second-order valence-corrected chi connectivity index (χ2v) is 11.9. The van der Waals surface area contributed by atoms with Gasteiger partial charge in [0.25, 0.3) is 0 Å². The minimum atomic E-state index is -0.339. The maximum absolute atomic E-state index is 14.6. The predicted octanol–water partition coefficient (Wildman–Crippen LogP) is 4.31. The Hall–Kier alpha value is -3.11. The number of imidazole rings is 1. The Morgan fingerprint density at radius 3 is 2.45 bits per heavy atom. The van der Waals surface area contributed by atoms with Crippen molar-refractivity contribution in [1.29, 1.82) is 0 Å². The summed E-state index contributed by atoms with van der Waals surface area (Å²) in [5.74, 6) is 1.80. The van der Waals surface area contributed by atoms with Gasteiger partial charge in [-0.15, -0.1) is 0 Å². The largest absolute Gasteiger partial charge is 0.393 e. The number of piperazine rings is 1. The number of benzene rings is 1. The van der Waals surface area contributed by atoms with E-state index in [1.54, 1.807) is 24.4 Å². The van der Waals surface area contributed by atoms with E-state index in [-0.39, 0.29) is 29.8 Å². The summed E-state index contributed by atoms with van der Waals surface area (Å²) in [6, 6.07) is 6.71. The second-order valence-electron chi connectivity index (χ2n) is 11.9. The van der Waals surface area contributed by atoms with E-state index in [0.29, 0.717) is 23.1 Å². The van der Waals surface area contributed by atoms with E-state index in [1.165, 1.54) is 6.07 Å². The second kappa shape index (κ2) is 11.8. The number of aliphatic hydroxyl groups is 1. The van der Waals surface area contributed by atoms with Gasteiger partial charge in [-0.05, 0) is 76.5 Å². The van der Waals surface area contributed by atoms with Crippen molar-refractivity contribution in [3.63, 3.8) is 0 Å². The Morgan fingerprint density at radius 2 is 1.73 bits per heavy atom. The number of para-hydroxylation sites is 1. The molecule has 6 rings (SSSR count). The number of anilines is 2. The van der Waals surface area contributed by atoms with Crippen molar-refractivity contribution in [2.45, 2.75) is 69.9 Å². The molecule has 2 saturated carbocycles. The van der Waals surface area contributed by atoms with Gasteiger partial charge in [-0.2, -0.15) is 0 Å². The van der Waals surface area contributed by atoms with Gasteiger partial charge in [0.05, 0.1) is 18.0 Å². The number of fused-ring (bicyclic) bond motifs is 1. The molecule has 3 heterocycles. The molecule has 1 saturated heterocycles. The quantitative estimate of drug-likeness (QED) is 0.473. The lowest BCUT2D eigenvalue weighted by atomic mass is 9.84. The number of amides is 1. The molecule has 3 fully saturated rings. The first kappa shape index (κ1) is 27.1. The van der Waals surface area contributed by atoms with Crippen molar-refractivity contribution >= 4 is 28.7 Å². The molecule has 214 valence electrons. The van der Waals surface area contributed by atoms with E-state index in [2.05, 4.69) is 26.8 Å². The number of rotatable bonds is 6. The lowest BCUT2D eigenvalue weighted by molar-refractivity contribution is -0.138. The molecule has 0 atom stereocenters. The zero-order valence-corrected chi connectivity index (χ0v) is 23.3. The first-order valence-electron chi connectivity index (χ1n) is 14.9. The Balaban J connectivity index is 1.24. The summed E-state index contributed by atoms with van der Waals surface area (Å²) in [6.07, 6.45) is 9.29. The van der Waals surface area contributed by atoms with Crippen molar-refractivity contribution in [1.82, 2.24) is 29.3 Å². The number of aliphatic hydroxyl groups excluding tert-OH is 1. The van der Waals surface area contributed by atoms with Crippen LogP contribution in [0.5, 0.6) is 0 Å². The Morgan fingerprint density at radius 1 is 1.00 bits per heavy atom. The number of carbonyl (C=O) groups excluding carboxylic acids is 1. The molecule has 3 aliphatic rings. The van der Waals surface area contributed by atoms with Crippen LogP contribution in [0.1, 0.15) is 63.2 Å². The fourth-order valence-corrected chi connectivity index (χ4v) is 6.61. The first-order chi connectivity index (χ1) is 19.4. The molecule has 2 N–H and O–H groups in total. The number of nitrogens with zero attached hydrogens (tertiary/aromatic N) is 6. The maximum Gasteiger partial charge on any atom is 0.225 e. The van der Waals surface area contributed by atoms with E-state index in [9.17, 15) is 14.3 Å². The minimum absolute atomic E-state index is 0.0456. The molecule has 0 spiro atoms. The van der Waals surface area contributed by atoms with E-state index in [0.717, 1.165) is 95.4 Å². The van der Waals surface area contributed by atoms with Crippen LogP contribution >= 0.6 is 0 Å². The van der Waals surface area contributed by atoms with Gasteiger partial charge in [0.1, 0.15) is 17.2 Å². The molecule has 9 nitrogen and oxygen atoms in total. The van der Waals surface area contributed by atoms with Crippen LogP contribution in [0.3, 0.4) is 0 Å². The standard InChI is InChI=1S/C30H40FN7O2/c1-36-14-16-37(17-15-36)29(40)21-8-10-22(11-9-21)38-28-26(34-30(38)33-25-5-3-2-4-24(25)31)19-32-27(35-28)18-20-6-12-23(39)13-7-20/h2-5,19-23,39H,6-18H2,1H3,(H,33,34). The van der Waals surface area contributed by atoms with Crippen molar-refractivity contribution in [2.24, 2.45) is 11.8 Å². The van der Waals surface area contributed by atoms with Gasteiger partial charge in [0, 0.05) is 44.6 Å². The van der Waals surface area contributed by atoms with Crippen molar-refractivity contribution in [3.8, 4) is 0 Å². The fourth-order valence-electron chi connectivity index (χ4n) is 6.61. The number of aromatic nitrogens is 4. The number of hydrogen-bond acceptors (Lipinski definition) is 7. The molecule has 1 aromatic carbocycles. The predicted molar refractivity (Wildman–Crippen MR) is 152 cm³/mol. The van der Waals surface area contributed by atoms with Crippen LogP contribution in [-0.2, 0) is 11.2 Å². The molecule has 0 unspecified atom stereocenters. The normalized spacial score (nSPS) is 26.2. The molecular weight excluding hydrogens is 509 g/mol. The SMILES string of the molecule is CN1CCN(C(=O)C2CCC(n3c(Nc4ccccc4F)nc4cnc(CC5CCC(O)CC5)nc43)CC2)CC1. The Bertz CT molecular complexity index is 1320. The molecule has 1 amide bonds. The summed E-state index contributed by atoms with van der Waals surface area (Å²) in [6.45, 7) is 3.46. The summed E-state index contributed by atoms with van der Waals surface area (Å²) in [7, 11) is 2.10. The molecule has 0 radical (unpaired) electrons. The zero-order chi connectivity index (χ0) is 27.6. The molecule has 10 heteroatoms. The topological polar surface area (TPSA) is 99.4 Å². The third kappa shape index (κ3) is 5.83. The molecule has 2 aliphatic carbocycles. The summed E-state index contributed by atoms with van der Waals surface area (Å²) < 4.78 is 16.7. The fraction of sp³-hybridized carbons (Fsp3) is 0.600. The smallest absolute Gasteiger partial charge is 0.225 e. The number of nitrogens with one attached hydrogen (secondary N) is 1. The Labute approximate surface area is 234 Å². The molecular formula is C30H40FN7O2. The molecule has 3 aromatic rings. The van der Waals surface area contributed by atoms with E-state index in [1.807, 2.05) is 4.90 Å². The zero-order valence-electron chi connectivity index (χ0n) is 23.3. The Kier molecular flexibility index (Phi) is 7.98. The minimum Gasteiger partial charge on any atom is -0.393 e. The summed E-state index contributed by atoms with van der Waals surface area (Å²) >= 11 is 0. The van der Waals surface area contributed by atoms with Gasteiger partial charge in [0.15, 0.2) is 5.65 Å². The summed E-state index contributed by atoms with van der Waals surface area (Å²) in [5, 5.41) is 13.1. The average Bonchev–Trinajstić information content (AvgIpc) is 3.33. The van der Waals surface area contributed by atoms with Gasteiger partial charge < -0.3 is 20.2 Å². The van der Waals surface area contributed by atoms with Crippen LogP contribution in [0.4, 0.5) is 16.0 Å². The van der Waals surface area contributed by atoms with Crippen LogP contribution in [0.25, 0.3) is 11.2 Å². The van der Waals surface area contributed by atoms with Crippen molar-refractivity contribution < 1.29 is 14.3 Å². The number of carbonyl (C=O) groups is 1. The lowest BCUT2D eigenvalue weighted by Crippen LogP contribution is -2.49. The van der Waals surface area contributed by atoms with Gasteiger partial charge in [-0.25, -0.2) is 19.3 Å². The maximum atomic E-state index is 14.6. The molecule has 2 aromatic heterocycles. The van der Waals surface area contributed by atoms with E-state index in [4.69, 9.17) is 9.97 Å². The molecule has 40 heavy (non-hydrogen) atoms. The highest BCUT2D eigenvalue weighted by atomic mass is 19.1. The third-order valence-corrected chi connectivity index (χ3v) is 9.12. The summed E-state index contributed by atoms with van der Waals surface area (Å²) in [4.78, 5) is 32.0. The highest BCUT2D eigenvalue weighted by Crippen LogP contribution is 2.38. The van der Waals surface area contributed by atoms with Crippen LogP contribution in [0.15, 0.2) is 30.5 Å². The van der Waals surface area contributed by atoms with Gasteiger partial charge in [-0.1, -0.05) is 12.1 Å². The van der Waals surface area contributed by atoms with Crippen LogP contribution in [0.2, 0.25) is 0 Å². The first-order valence-corrected chi connectivity index (χ1v) is 14.9. The van der Waals surface area contributed by atoms with Crippen molar-refractivity contribution in [3.05, 3.63) is 42.1 Å². The average molecular weight is 550 g/mol. The van der Waals surface area contributed by atoms with Crippen LogP contribution < -0.4 is 5.32 Å². The molecule has 1 aliphatic heterocycles. The van der Waals surface area contributed by atoms with Crippen molar-refractivity contribution in [2.75, 3.05) is 38.5 Å². The van der Waals surface area contributed by atoms with E-state index >= 15 is 0 Å². The van der Waals surface area contributed by atoms with Gasteiger partial charge in [-0.3, -0.25) is 9.36 Å². The van der Waals surface area contributed by atoms with Crippen LogP contribution in [-0.4, -0.2) is 79.7 Å². The van der Waals surface area contributed by atoms with E-state index < -0.39 is 0 Å². The number of hydrogen-bond donors (Lipinski definition) is 2. The molecule has 0 bridgehead atoms. The monoisotopic (exact) mass is 549 g/mol. The van der Waals surface area contributed by atoms with Crippen LogP contribution in [0, 0.1) is 17.7 Å². The third-order valence-electron chi connectivity index (χ3n) is 9.12. The van der Waals surface area contributed by atoms with Gasteiger partial charge >= 0.3 is 0 Å². The highest BCUT2D eigenvalue weighted by molar-refractivity contribution is 5.79. The number of halogens is 1. The number of likely N-dealkylation sites (N-methyl/N-ethyl adjacent to an activating group) is 1. The lowest BCUT2D eigenvalue weighted by Gasteiger charge is -2.37. The summed E-state index contributed by atoms with van der Waals surface area (Å²) in [5.41, 5.74) is 1.80. The van der Waals surface area contributed by atoms with Gasteiger partial charge in [0.2, 0.25) is 11.9 Å².